The molecular formula is C16H22ClN3. The molecule has 1 aliphatic carbocycles. The number of hydrogen-bond acceptors (Lipinski definition) is 2. The van der Waals surface area contributed by atoms with E-state index in [4.69, 9.17) is 22.3 Å². The number of para-hydroxylation sites is 1. The van der Waals surface area contributed by atoms with Crippen molar-refractivity contribution in [2.45, 2.75) is 52.1 Å². The smallest absolute Gasteiger partial charge is 0.111 e. The van der Waals surface area contributed by atoms with E-state index in [2.05, 4.69) is 25.3 Å². The molecule has 1 fully saturated rings. The van der Waals surface area contributed by atoms with E-state index in [9.17, 15) is 0 Å². The lowest BCUT2D eigenvalue weighted by Gasteiger charge is -2.27. The van der Waals surface area contributed by atoms with E-state index in [-0.39, 0.29) is 11.5 Å². The summed E-state index contributed by atoms with van der Waals surface area (Å²) in [6.45, 7) is 6.53. The maximum atomic E-state index is 6.38. The van der Waals surface area contributed by atoms with Crippen LogP contribution in [0.3, 0.4) is 0 Å². The summed E-state index contributed by atoms with van der Waals surface area (Å²) in [6, 6.07) is 6.59. The summed E-state index contributed by atoms with van der Waals surface area (Å²) in [6.07, 6.45) is 3.23. The van der Waals surface area contributed by atoms with Crippen LogP contribution in [0.4, 0.5) is 0 Å². The molecule has 1 aliphatic rings. The van der Waals surface area contributed by atoms with E-state index >= 15 is 0 Å². The third-order valence-corrected chi connectivity index (χ3v) is 4.47. The Labute approximate surface area is 125 Å². The van der Waals surface area contributed by atoms with Gasteiger partial charge in [-0.1, -0.05) is 38.4 Å². The van der Waals surface area contributed by atoms with Gasteiger partial charge in [-0.2, -0.15) is 0 Å². The topological polar surface area (TPSA) is 43.8 Å². The Hall–Kier alpha value is -1.06. The summed E-state index contributed by atoms with van der Waals surface area (Å²) in [5.74, 6) is 1.08. The van der Waals surface area contributed by atoms with E-state index in [0.717, 1.165) is 28.3 Å². The Morgan fingerprint density at radius 2 is 2.10 bits per heavy atom. The number of rotatable bonds is 3. The minimum absolute atomic E-state index is 0.0797. The average molecular weight is 292 g/mol. The number of benzene rings is 1. The fraction of sp³-hybridized carbons (Fsp3) is 0.562. The highest BCUT2D eigenvalue weighted by Crippen LogP contribution is 2.41. The molecule has 0 radical (unpaired) electrons. The zero-order valence-electron chi connectivity index (χ0n) is 12.4. The predicted octanol–water partition coefficient (Wildman–Crippen LogP) is 3.94. The van der Waals surface area contributed by atoms with Crippen molar-refractivity contribution < 1.29 is 0 Å². The second-order valence-electron chi connectivity index (χ2n) is 6.91. The molecule has 0 bridgehead atoms. The average Bonchev–Trinajstić information content (AvgIpc) is 3.11. The lowest BCUT2D eigenvalue weighted by atomic mass is 9.85. The molecule has 0 spiro atoms. The largest absolute Gasteiger partial charge is 0.327 e. The Balaban J connectivity index is 2.07. The fourth-order valence-corrected chi connectivity index (χ4v) is 2.79. The van der Waals surface area contributed by atoms with Crippen molar-refractivity contribution in [2.24, 2.45) is 11.1 Å². The van der Waals surface area contributed by atoms with Crippen LogP contribution in [0.2, 0.25) is 5.02 Å². The molecule has 20 heavy (non-hydrogen) atoms. The third-order valence-electron chi connectivity index (χ3n) is 4.16. The number of nitrogens with two attached hydrogens (primary N) is 1. The molecule has 1 aromatic carbocycles. The first-order valence-electron chi connectivity index (χ1n) is 7.29. The molecule has 0 aliphatic heterocycles. The van der Waals surface area contributed by atoms with E-state index in [0.29, 0.717) is 6.04 Å². The van der Waals surface area contributed by atoms with Gasteiger partial charge in [0.05, 0.1) is 16.1 Å². The Morgan fingerprint density at radius 1 is 1.40 bits per heavy atom. The predicted molar refractivity (Wildman–Crippen MR) is 84.1 cm³/mol. The van der Waals surface area contributed by atoms with E-state index in [1.165, 1.54) is 12.8 Å². The van der Waals surface area contributed by atoms with Gasteiger partial charge in [0, 0.05) is 18.5 Å². The van der Waals surface area contributed by atoms with Gasteiger partial charge in [-0.25, -0.2) is 4.98 Å². The molecule has 1 aromatic heterocycles. The summed E-state index contributed by atoms with van der Waals surface area (Å²) in [5.41, 5.74) is 8.49. The normalized spacial score (nSPS) is 17.6. The molecule has 0 saturated heterocycles. The number of imidazole rings is 1. The summed E-state index contributed by atoms with van der Waals surface area (Å²) in [5, 5.41) is 0.789. The second kappa shape index (κ2) is 4.74. The van der Waals surface area contributed by atoms with Gasteiger partial charge in [0.25, 0.3) is 0 Å². The molecule has 3 rings (SSSR count). The van der Waals surface area contributed by atoms with Crippen LogP contribution < -0.4 is 5.73 Å². The Bertz CT molecular complexity index is 635. The summed E-state index contributed by atoms with van der Waals surface area (Å²) in [7, 11) is 0. The maximum absolute atomic E-state index is 6.38. The minimum atomic E-state index is 0.0797. The first kappa shape index (κ1) is 13.9. The number of hydrogen-bond donors (Lipinski definition) is 1. The van der Waals surface area contributed by atoms with Crippen LogP contribution in [0.15, 0.2) is 18.2 Å². The lowest BCUT2D eigenvalue weighted by molar-refractivity contribution is 0.313. The Kier molecular flexibility index (Phi) is 3.30. The number of fused-ring (bicyclic) bond motifs is 1. The molecule has 108 valence electrons. The van der Waals surface area contributed by atoms with Crippen molar-refractivity contribution >= 4 is 22.6 Å². The summed E-state index contributed by atoms with van der Waals surface area (Å²) < 4.78 is 2.32. The molecule has 1 saturated carbocycles. The zero-order chi connectivity index (χ0) is 14.5. The Morgan fingerprint density at radius 3 is 2.70 bits per heavy atom. The molecule has 2 aromatic rings. The summed E-state index contributed by atoms with van der Waals surface area (Å²) >= 11 is 6.38. The van der Waals surface area contributed by atoms with Crippen LogP contribution in [0, 0.1) is 5.41 Å². The highest BCUT2D eigenvalue weighted by Gasteiger charge is 2.31. The van der Waals surface area contributed by atoms with Crippen LogP contribution in [0.1, 0.15) is 45.5 Å². The van der Waals surface area contributed by atoms with Crippen molar-refractivity contribution in [3.8, 4) is 0 Å². The van der Waals surface area contributed by atoms with E-state index in [1.54, 1.807) is 0 Å². The van der Waals surface area contributed by atoms with Crippen molar-refractivity contribution in [3.05, 3.63) is 29.0 Å². The van der Waals surface area contributed by atoms with Gasteiger partial charge >= 0.3 is 0 Å². The van der Waals surface area contributed by atoms with Crippen LogP contribution in [0.25, 0.3) is 11.0 Å². The monoisotopic (exact) mass is 291 g/mol. The molecule has 3 nitrogen and oxygen atoms in total. The SMILES string of the molecule is CC(C)(C)C(N)Cc1nc2cccc(Cl)c2n1C1CC1. The number of aromatic nitrogens is 2. The highest BCUT2D eigenvalue weighted by molar-refractivity contribution is 6.35. The van der Waals surface area contributed by atoms with Gasteiger partial charge in [0.1, 0.15) is 5.82 Å². The fourth-order valence-electron chi connectivity index (χ4n) is 2.53. The van der Waals surface area contributed by atoms with Gasteiger partial charge in [-0.05, 0) is 30.4 Å². The van der Waals surface area contributed by atoms with E-state index in [1.807, 2.05) is 18.2 Å². The van der Waals surface area contributed by atoms with Gasteiger partial charge in [0.2, 0.25) is 0 Å². The molecule has 1 unspecified atom stereocenters. The lowest BCUT2D eigenvalue weighted by Crippen LogP contribution is -2.37. The summed E-state index contributed by atoms with van der Waals surface area (Å²) in [4.78, 5) is 4.79. The maximum Gasteiger partial charge on any atom is 0.111 e. The first-order chi connectivity index (χ1) is 9.38. The molecule has 0 amide bonds. The zero-order valence-corrected chi connectivity index (χ0v) is 13.1. The molecule has 1 atom stereocenters. The quantitative estimate of drug-likeness (QED) is 0.931. The third kappa shape index (κ3) is 2.45. The molecule has 2 N–H and O–H groups in total. The number of nitrogens with zero attached hydrogens (tertiary/aromatic N) is 2. The first-order valence-corrected chi connectivity index (χ1v) is 7.66. The van der Waals surface area contributed by atoms with Gasteiger partial charge < -0.3 is 10.3 Å². The van der Waals surface area contributed by atoms with Crippen molar-refractivity contribution in [1.82, 2.24) is 9.55 Å². The van der Waals surface area contributed by atoms with Crippen molar-refractivity contribution in [3.63, 3.8) is 0 Å². The van der Waals surface area contributed by atoms with Crippen LogP contribution in [-0.4, -0.2) is 15.6 Å². The van der Waals surface area contributed by atoms with Crippen molar-refractivity contribution in [2.75, 3.05) is 0 Å². The number of halogens is 1. The van der Waals surface area contributed by atoms with Gasteiger partial charge in [-0.3, -0.25) is 0 Å². The molecule has 4 heteroatoms. The van der Waals surface area contributed by atoms with Gasteiger partial charge in [0.15, 0.2) is 0 Å². The van der Waals surface area contributed by atoms with Crippen LogP contribution >= 0.6 is 11.6 Å². The second-order valence-corrected chi connectivity index (χ2v) is 7.32. The van der Waals surface area contributed by atoms with Crippen LogP contribution in [0.5, 0.6) is 0 Å². The van der Waals surface area contributed by atoms with E-state index < -0.39 is 0 Å². The molecular weight excluding hydrogens is 270 g/mol. The van der Waals surface area contributed by atoms with Crippen LogP contribution in [-0.2, 0) is 6.42 Å². The standard InChI is InChI=1S/C16H22ClN3/c1-16(2,3)13(18)9-14-19-12-6-4-5-11(17)15(12)20(14)10-7-8-10/h4-6,10,13H,7-9,18H2,1-3H3. The van der Waals surface area contributed by atoms with Crippen molar-refractivity contribution in [1.29, 1.82) is 0 Å². The minimum Gasteiger partial charge on any atom is -0.327 e. The highest BCUT2D eigenvalue weighted by atomic mass is 35.5. The van der Waals surface area contributed by atoms with Gasteiger partial charge in [-0.15, -0.1) is 0 Å². The molecule has 1 heterocycles.